The number of carbonyl (C=O) groups is 2. The Labute approximate surface area is 181 Å². The van der Waals surface area contributed by atoms with Crippen molar-refractivity contribution >= 4 is 22.3 Å². The van der Waals surface area contributed by atoms with Crippen molar-refractivity contribution in [2.45, 2.75) is 68.5 Å². The van der Waals surface area contributed by atoms with Gasteiger partial charge >= 0.3 is 0 Å². The van der Waals surface area contributed by atoms with Crippen molar-refractivity contribution in [2.24, 2.45) is 0 Å². The first kappa shape index (κ1) is 26.7. The zero-order valence-corrected chi connectivity index (χ0v) is 17.7. The van der Waals surface area contributed by atoms with E-state index in [1.165, 1.54) is 0 Å². The molecule has 0 bridgehead atoms. The lowest BCUT2D eigenvalue weighted by Crippen LogP contribution is -2.68. The topological polar surface area (TPSA) is 242 Å². The van der Waals surface area contributed by atoms with Crippen molar-refractivity contribution in [3.63, 3.8) is 0 Å². The Morgan fingerprint density at radius 3 is 2.03 bits per heavy atom. The molecule has 32 heavy (non-hydrogen) atoms. The Morgan fingerprint density at radius 2 is 1.56 bits per heavy atom. The Balaban J connectivity index is 2.37. The number of aliphatic carboxylic acids is 1. The summed E-state index contributed by atoms with van der Waals surface area (Å²) in [5, 5.41) is 44.7. The summed E-state index contributed by atoms with van der Waals surface area (Å²) in [6, 6.07) is -1.41. The van der Waals surface area contributed by atoms with E-state index in [0.29, 0.717) is 0 Å². The highest BCUT2D eigenvalue weighted by atomic mass is 32.3. The maximum absolute atomic E-state index is 11.6. The smallest absolute Gasteiger partial charge is 0.220 e. The fraction of sp³-hybridized carbons (Fsp3) is 0.867. The minimum atomic E-state index is -5.39. The number of amides is 1. The molecule has 4 N–H and O–H groups in total. The van der Waals surface area contributed by atoms with Crippen LogP contribution in [-0.4, -0.2) is 116 Å². The van der Waals surface area contributed by atoms with Gasteiger partial charge in [0.1, 0.15) is 42.7 Å². The molecule has 16 nitrogen and oxygen atoms in total. The van der Waals surface area contributed by atoms with E-state index in [9.17, 15) is 43.0 Å². The van der Waals surface area contributed by atoms with E-state index in [0.717, 1.165) is 21.1 Å². The van der Waals surface area contributed by atoms with Crippen molar-refractivity contribution in [3.8, 4) is 0 Å². The summed E-state index contributed by atoms with van der Waals surface area (Å²) in [5.74, 6) is -2.51. The molecule has 17 heteroatoms. The van der Waals surface area contributed by atoms with E-state index in [1.54, 1.807) is 0 Å². The average molecular weight is 489 g/mol. The first-order valence-corrected chi connectivity index (χ1v) is 10.3. The molecule has 2 heterocycles. The number of carbonyl (C=O) groups excluding carboxylic acids is 2. The fourth-order valence-electron chi connectivity index (χ4n) is 3.32. The monoisotopic (exact) mass is 489 g/mol. The van der Waals surface area contributed by atoms with Crippen LogP contribution in [0, 0.1) is 0 Å². The second-order valence-corrected chi connectivity index (χ2v) is 7.87. The van der Waals surface area contributed by atoms with Crippen LogP contribution in [0.2, 0.25) is 0 Å². The summed E-state index contributed by atoms with van der Waals surface area (Å²) in [6.45, 7) is 1.08. The van der Waals surface area contributed by atoms with Gasteiger partial charge in [0.05, 0.1) is 5.97 Å². The number of aliphatic hydroxyl groups excluding tert-OH is 3. The highest BCUT2D eigenvalue weighted by molar-refractivity contribution is 7.80. The molecule has 10 atom stereocenters. The Hall–Kier alpha value is -1.51. The van der Waals surface area contributed by atoms with Crippen LogP contribution in [0.1, 0.15) is 6.92 Å². The van der Waals surface area contributed by atoms with E-state index >= 15 is 0 Å². The van der Waals surface area contributed by atoms with Crippen LogP contribution < -0.4 is 10.4 Å². The molecule has 2 aliphatic rings. The van der Waals surface area contributed by atoms with Crippen LogP contribution in [0.3, 0.4) is 0 Å². The molecule has 186 valence electrons. The summed E-state index contributed by atoms with van der Waals surface area (Å²) < 4.78 is 62.4. The van der Waals surface area contributed by atoms with Crippen molar-refractivity contribution in [3.05, 3.63) is 0 Å². The van der Waals surface area contributed by atoms with Gasteiger partial charge in [-0.3, -0.25) is 4.79 Å². The number of aliphatic hydroxyl groups is 3. The van der Waals surface area contributed by atoms with Crippen molar-refractivity contribution in [1.82, 2.24) is 5.32 Å². The van der Waals surface area contributed by atoms with Gasteiger partial charge in [-0.25, -0.2) is 12.6 Å². The molecule has 0 aromatic carbocycles. The number of nitrogens with one attached hydrogen (secondary N) is 1. The molecule has 2 fully saturated rings. The average Bonchev–Trinajstić information content (AvgIpc) is 2.68. The molecule has 5 unspecified atom stereocenters. The fourth-order valence-corrected chi connectivity index (χ4v) is 3.72. The number of carboxylic acids is 1. The molecular weight excluding hydrogens is 466 g/mol. The van der Waals surface area contributed by atoms with Gasteiger partial charge in [-0.2, -0.15) is 0 Å². The lowest BCUT2D eigenvalue weighted by atomic mass is 9.97. The first-order valence-electron chi connectivity index (χ1n) is 8.99. The van der Waals surface area contributed by atoms with E-state index in [-0.39, 0.29) is 0 Å². The molecule has 0 aromatic heterocycles. The zero-order valence-electron chi connectivity index (χ0n) is 16.9. The van der Waals surface area contributed by atoms with Gasteiger partial charge < -0.3 is 58.8 Å². The normalized spacial score (nSPS) is 40.6. The van der Waals surface area contributed by atoms with E-state index in [2.05, 4.69) is 9.50 Å². The van der Waals surface area contributed by atoms with Gasteiger partial charge in [0.2, 0.25) is 22.6 Å². The molecule has 0 aromatic rings. The van der Waals surface area contributed by atoms with Crippen LogP contribution in [0.4, 0.5) is 0 Å². The lowest BCUT2D eigenvalue weighted by molar-refractivity contribution is -0.371. The maximum Gasteiger partial charge on any atom is 0.220 e. The zero-order chi connectivity index (χ0) is 24.4. The molecule has 1 amide bonds. The predicted molar refractivity (Wildman–Crippen MR) is 91.4 cm³/mol. The van der Waals surface area contributed by atoms with Gasteiger partial charge in [0, 0.05) is 21.1 Å². The number of hydrogen-bond donors (Lipinski definition) is 4. The van der Waals surface area contributed by atoms with E-state index < -0.39 is 83.8 Å². The Kier molecular flexibility index (Phi) is 8.87. The van der Waals surface area contributed by atoms with Crippen molar-refractivity contribution in [2.75, 3.05) is 14.2 Å². The van der Waals surface area contributed by atoms with Crippen LogP contribution in [0.15, 0.2) is 0 Å². The number of ether oxygens (including phenoxy) is 5. The molecule has 0 radical (unpaired) electrons. The molecule has 0 saturated carbocycles. The molecule has 0 aliphatic carbocycles. The molecule has 2 aliphatic heterocycles. The predicted octanol–water partition coefficient (Wildman–Crippen LogP) is -5.75. The highest BCUT2D eigenvalue weighted by Crippen LogP contribution is 2.31. The first-order chi connectivity index (χ1) is 14.8. The third-order valence-corrected chi connectivity index (χ3v) is 5.11. The van der Waals surface area contributed by atoms with E-state index in [4.69, 9.17) is 23.7 Å². The highest BCUT2D eigenvalue weighted by Gasteiger charge is 2.53. The number of hydrogen-bond acceptors (Lipinski definition) is 15. The van der Waals surface area contributed by atoms with Gasteiger partial charge in [-0.1, -0.05) is 0 Å². The van der Waals surface area contributed by atoms with Crippen LogP contribution >= 0.6 is 0 Å². The van der Waals surface area contributed by atoms with Crippen molar-refractivity contribution in [1.29, 1.82) is 0 Å². The quantitative estimate of drug-likeness (QED) is 0.183. The molecule has 2 rings (SSSR count). The Morgan fingerprint density at radius 1 is 0.938 bits per heavy atom. The second-order valence-electron chi connectivity index (χ2n) is 6.86. The van der Waals surface area contributed by atoms with E-state index in [1.807, 2.05) is 0 Å². The largest absolute Gasteiger partial charge is 0.725 e. The summed E-state index contributed by atoms with van der Waals surface area (Å²) in [5.41, 5.74) is 0. The number of rotatable bonds is 8. The lowest BCUT2D eigenvalue weighted by Gasteiger charge is -2.47. The SMILES string of the molecule is CO[C@@H]1OC(OS(=O)(=O)[O-])[C@@H](O)C(O[C@@H]2O[C@@H](C(=O)[O-])[C@@H](OC)C(O)C2O)C1NC(C)=O. The Bertz CT molecular complexity index is 777. The standard InChI is InChI=1S/C15H25NO15S/c1-4(17)16-5-9(8(20)15(30-13(5)27-3)31-32(23,24)25)28-14-7(19)6(18)10(26-2)11(29-14)12(21)22/h5-11,13-15,18-20H,1-3H3,(H,16,17)(H,21,22)(H,23,24,25)/p-2/t5?,6?,7?,8-,9?,10-,11+,13+,14+,15?/m0/s1. The third-order valence-electron chi connectivity index (χ3n) is 4.69. The summed E-state index contributed by atoms with van der Waals surface area (Å²) in [6.07, 6.45) is -16.8. The summed E-state index contributed by atoms with van der Waals surface area (Å²) >= 11 is 0. The van der Waals surface area contributed by atoms with Gasteiger partial charge in [0.25, 0.3) is 0 Å². The van der Waals surface area contributed by atoms with Crippen LogP contribution in [-0.2, 0) is 47.9 Å². The summed E-state index contributed by atoms with van der Waals surface area (Å²) in [4.78, 5) is 23.0. The van der Waals surface area contributed by atoms with Crippen LogP contribution in [0.5, 0.6) is 0 Å². The molecular formula is C15H23NO15S-2. The second kappa shape index (κ2) is 10.6. The van der Waals surface area contributed by atoms with Crippen molar-refractivity contribution < 1.29 is 70.9 Å². The number of methoxy groups -OCH3 is 2. The number of carboxylic acid groups (broad SMARTS) is 1. The molecule has 2 saturated heterocycles. The summed E-state index contributed by atoms with van der Waals surface area (Å²) in [7, 11) is -3.27. The van der Waals surface area contributed by atoms with Gasteiger partial charge in [-0.05, 0) is 0 Å². The minimum Gasteiger partial charge on any atom is -0.725 e. The minimum absolute atomic E-state index is 0.686. The third kappa shape index (κ3) is 6.08. The van der Waals surface area contributed by atoms with Gasteiger partial charge in [-0.15, -0.1) is 0 Å². The van der Waals surface area contributed by atoms with Gasteiger partial charge in [0.15, 0.2) is 12.6 Å². The maximum atomic E-state index is 11.6. The van der Waals surface area contributed by atoms with Crippen LogP contribution in [0.25, 0.3) is 0 Å². The molecule has 0 spiro atoms.